The van der Waals surface area contributed by atoms with Crippen molar-refractivity contribution >= 4 is 36.7 Å². The quantitative estimate of drug-likeness (QED) is 0.840. The van der Waals surface area contributed by atoms with Gasteiger partial charge in [0.15, 0.2) is 0 Å². The molecule has 1 aliphatic rings. The van der Waals surface area contributed by atoms with Gasteiger partial charge in [-0.25, -0.2) is 0 Å². The van der Waals surface area contributed by atoms with Crippen LogP contribution in [0.2, 0.25) is 0 Å². The first-order valence-electron chi connectivity index (χ1n) is 6.82. The summed E-state index contributed by atoms with van der Waals surface area (Å²) in [6, 6.07) is 0.341. The van der Waals surface area contributed by atoms with Gasteiger partial charge in [0.05, 0.1) is 7.11 Å². The summed E-state index contributed by atoms with van der Waals surface area (Å²) in [5.74, 6) is 1.21. The summed E-state index contributed by atoms with van der Waals surface area (Å²) < 4.78 is 5.14. The van der Waals surface area contributed by atoms with Crippen LogP contribution in [0.3, 0.4) is 0 Å². The molecule has 0 bridgehead atoms. The van der Waals surface area contributed by atoms with Gasteiger partial charge in [-0.2, -0.15) is 15.0 Å². The molecule has 2 heterocycles. The Bertz CT molecular complexity index is 401. The van der Waals surface area contributed by atoms with Gasteiger partial charge in [0.2, 0.25) is 11.9 Å². The van der Waals surface area contributed by atoms with Gasteiger partial charge in [-0.1, -0.05) is 12.8 Å². The third-order valence-electron chi connectivity index (χ3n) is 3.10. The number of rotatable bonds is 5. The van der Waals surface area contributed by atoms with Crippen molar-refractivity contribution in [2.75, 3.05) is 43.5 Å². The molecule has 1 saturated heterocycles. The predicted octanol–water partition coefficient (Wildman–Crippen LogP) is 1.47. The van der Waals surface area contributed by atoms with Crippen molar-refractivity contribution in [1.82, 2.24) is 15.0 Å². The van der Waals surface area contributed by atoms with Crippen molar-refractivity contribution < 1.29 is 4.74 Å². The third kappa shape index (κ3) is 6.07. The van der Waals surface area contributed by atoms with Crippen molar-refractivity contribution in [2.45, 2.75) is 25.7 Å². The molecule has 2 rings (SSSR count). The fourth-order valence-electron chi connectivity index (χ4n) is 2.11. The Labute approximate surface area is 137 Å². The lowest BCUT2D eigenvalue weighted by Gasteiger charge is -2.20. The summed E-state index contributed by atoms with van der Waals surface area (Å²) in [6.45, 7) is 3.15. The topological polar surface area (TPSA) is 89.2 Å². The summed E-state index contributed by atoms with van der Waals surface area (Å²) in [5, 5.41) is 3.07. The van der Waals surface area contributed by atoms with Crippen LogP contribution in [0.5, 0.6) is 6.01 Å². The number of hydrogen-bond donors (Lipinski definition) is 2. The number of methoxy groups -OCH3 is 1. The zero-order valence-corrected chi connectivity index (χ0v) is 13.9. The Kier molecular flexibility index (Phi) is 10.1. The van der Waals surface area contributed by atoms with E-state index < -0.39 is 0 Å². The maximum Gasteiger partial charge on any atom is 0.322 e. The highest BCUT2D eigenvalue weighted by Crippen LogP contribution is 2.18. The van der Waals surface area contributed by atoms with E-state index in [4.69, 9.17) is 10.5 Å². The third-order valence-corrected chi connectivity index (χ3v) is 3.10. The molecule has 0 amide bonds. The summed E-state index contributed by atoms with van der Waals surface area (Å²) in [6.07, 6.45) is 4.91. The zero-order valence-electron chi connectivity index (χ0n) is 12.2. The van der Waals surface area contributed by atoms with Gasteiger partial charge in [-0.3, -0.25) is 0 Å². The van der Waals surface area contributed by atoms with Gasteiger partial charge in [0.25, 0.3) is 0 Å². The second-order valence-electron chi connectivity index (χ2n) is 4.56. The van der Waals surface area contributed by atoms with Crippen molar-refractivity contribution in [3.63, 3.8) is 0 Å². The molecule has 0 aromatic carbocycles. The van der Waals surface area contributed by atoms with Crippen LogP contribution in [-0.4, -0.2) is 48.2 Å². The molecule has 21 heavy (non-hydrogen) atoms. The Morgan fingerprint density at radius 3 is 2.33 bits per heavy atom. The van der Waals surface area contributed by atoms with Gasteiger partial charge in [0.1, 0.15) is 0 Å². The monoisotopic (exact) mass is 338 g/mol. The second-order valence-corrected chi connectivity index (χ2v) is 4.56. The smallest absolute Gasteiger partial charge is 0.322 e. The van der Waals surface area contributed by atoms with E-state index in [1.165, 1.54) is 25.7 Å². The van der Waals surface area contributed by atoms with Crippen LogP contribution >= 0.6 is 24.8 Å². The minimum absolute atomic E-state index is 0. The summed E-state index contributed by atoms with van der Waals surface area (Å²) in [5.41, 5.74) is 5.47. The summed E-state index contributed by atoms with van der Waals surface area (Å²) in [7, 11) is 1.56. The van der Waals surface area contributed by atoms with E-state index in [1.54, 1.807) is 7.11 Å². The van der Waals surface area contributed by atoms with Gasteiger partial charge in [0, 0.05) is 26.2 Å². The van der Waals surface area contributed by atoms with E-state index in [1.807, 2.05) is 0 Å². The highest BCUT2D eigenvalue weighted by Gasteiger charge is 2.15. The normalized spacial score (nSPS) is 14.5. The number of hydrogen-bond acceptors (Lipinski definition) is 7. The van der Waals surface area contributed by atoms with E-state index in [-0.39, 0.29) is 24.8 Å². The molecule has 9 heteroatoms. The van der Waals surface area contributed by atoms with Gasteiger partial charge < -0.3 is 20.7 Å². The van der Waals surface area contributed by atoms with E-state index in [0.29, 0.717) is 31.0 Å². The molecule has 0 aliphatic carbocycles. The van der Waals surface area contributed by atoms with Gasteiger partial charge in [-0.05, 0) is 12.8 Å². The zero-order chi connectivity index (χ0) is 13.5. The number of halogens is 2. The number of aromatic nitrogens is 3. The van der Waals surface area contributed by atoms with Crippen LogP contribution in [0.4, 0.5) is 11.9 Å². The molecule has 0 spiro atoms. The Morgan fingerprint density at radius 2 is 1.76 bits per heavy atom. The molecule has 1 aliphatic heterocycles. The van der Waals surface area contributed by atoms with Crippen molar-refractivity contribution in [3.8, 4) is 6.01 Å². The Hall–Kier alpha value is -1.05. The lowest BCUT2D eigenvalue weighted by molar-refractivity contribution is 0.378. The largest absolute Gasteiger partial charge is 0.467 e. The molecule has 0 unspecified atom stereocenters. The molecule has 0 saturated carbocycles. The molecule has 1 fully saturated rings. The second kappa shape index (κ2) is 10.6. The SMILES string of the molecule is COc1nc(NCCN)nc(N2CCCCCC2)n1.Cl.Cl. The summed E-state index contributed by atoms with van der Waals surface area (Å²) in [4.78, 5) is 15.1. The standard InChI is InChI=1S/C12H22N6O.2ClH/c1-19-12-16-10(14-7-6-13)15-11(17-12)18-8-4-2-3-5-9-18;;/h2-9,13H2,1H3,(H,14,15,16,17);2*1H. The highest BCUT2D eigenvalue weighted by atomic mass is 35.5. The fraction of sp³-hybridized carbons (Fsp3) is 0.750. The van der Waals surface area contributed by atoms with E-state index in [9.17, 15) is 0 Å². The first kappa shape index (κ1) is 19.9. The Morgan fingerprint density at radius 1 is 1.10 bits per heavy atom. The fourth-order valence-corrected chi connectivity index (χ4v) is 2.11. The first-order valence-corrected chi connectivity index (χ1v) is 6.82. The van der Waals surface area contributed by atoms with E-state index in [2.05, 4.69) is 25.2 Å². The lowest BCUT2D eigenvalue weighted by Crippen LogP contribution is -2.27. The van der Waals surface area contributed by atoms with Crippen LogP contribution in [0, 0.1) is 0 Å². The van der Waals surface area contributed by atoms with Gasteiger partial charge in [-0.15, -0.1) is 24.8 Å². The molecular formula is C12H24Cl2N6O. The van der Waals surface area contributed by atoms with Crippen LogP contribution in [0.1, 0.15) is 25.7 Å². The van der Waals surface area contributed by atoms with E-state index in [0.717, 1.165) is 13.1 Å². The molecule has 7 nitrogen and oxygen atoms in total. The number of nitrogens with one attached hydrogen (secondary N) is 1. The van der Waals surface area contributed by atoms with Crippen LogP contribution < -0.4 is 20.7 Å². The van der Waals surface area contributed by atoms with Gasteiger partial charge >= 0.3 is 6.01 Å². The number of anilines is 2. The molecular weight excluding hydrogens is 315 g/mol. The van der Waals surface area contributed by atoms with Crippen LogP contribution in [0.15, 0.2) is 0 Å². The minimum Gasteiger partial charge on any atom is -0.467 e. The minimum atomic E-state index is 0. The number of nitrogens with zero attached hydrogens (tertiary/aromatic N) is 4. The molecule has 3 N–H and O–H groups in total. The highest BCUT2D eigenvalue weighted by molar-refractivity contribution is 5.85. The number of nitrogens with two attached hydrogens (primary N) is 1. The first-order chi connectivity index (χ1) is 9.33. The summed E-state index contributed by atoms with van der Waals surface area (Å²) >= 11 is 0. The molecule has 1 aromatic heterocycles. The average Bonchev–Trinajstić information content (AvgIpc) is 2.73. The van der Waals surface area contributed by atoms with E-state index >= 15 is 0 Å². The van der Waals surface area contributed by atoms with Crippen molar-refractivity contribution in [2.24, 2.45) is 5.73 Å². The average molecular weight is 339 g/mol. The van der Waals surface area contributed by atoms with Crippen LogP contribution in [-0.2, 0) is 0 Å². The maximum absolute atomic E-state index is 5.47. The lowest BCUT2D eigenvalue weighted by atomic mass is 10.2. The van der Waals surface area contributed by atoms with Crippen molar-refractivity contribution in [1.29, 1.82) is 0 Å². The molecule has 0 radical (unpaired) electrons. The molecule has 1 aromatic rings. The van der Waals surface area contributed by atoms with Crippen molar-refractivity contribution in [3.05, 3.63) is 0 Å². The molecule has 0 atom stereocenters. The molecule has 122 valence electrons. The van der Waals surface area contributed by atoms with Crippen LogP contribution in [0.25, 0.3) is 0 Å². The Balaban J connectivity index is 0.00000200. The number of ether oxygens (including phenoxy) is 1. The predicted molar refractivity (Wildman–Crippen MR) is 89.1 cm³/mol. The maximum atomic E-state index is 5.47.